The number of hydrogen-bond acceptors (Lipinski definition) is 3. The first-order chi connectivity index (χ1) is 10.4. The summed E-state index contributed by atoms with van der Waals surface area (Å²) in [7, 11) is 1.71. The Hall–Kier alpha value is -2.55. The van der Waals surface area contributed by atoms with Gasteiger partial charge >= 0.3 is 0 Å². The van der Waals surface area contributed by atoms with E-state index in [0.29, 0.717) is 6.61 Å². The summed E-state index contributed by atoms with van der Waals surface area (Å²) in [5.74, 6) is 1.64. The van der Waals surface area contributed by atoms with Gasteiger partial charge in [-0.05, 0) is 12.1 Å². The third-order valence-corrected chi connectivity index (χ3v) is 3.92. The first-order valence-electron chi connectivity index (χ1n) is 7.06. The van der Waals surface area contributed by atoms with Gasteiger partial charge in [0.05, 0.1) is 19.2 Å². The molecule has 0 fully saturated rings. The number of pyridine rings is 1. The Morgan fingerprint density at radius 1 is 1.05 bits per heavy atom. The number of aromatic nitrogens is 1. The summed E-state index contributed by atoms with van der Waals surface area (Å²) >= 11 is 0. The third-order valence-electron chi connectivity index (χ3n) is 3.92. The molecule has 0 saturated carbocycles. The van der Waals surface area contributed by atoms with Gasteiger partial charge in [-0.2, -0.15) is 0 Å². The second kappa shape index (κ2) is 4.77. The smallest absolute Gasteiger partial charge is 0.217 e. The molecule has 0 radical (unpaired) electrons. The molecule has 0 aliphatic carbocycles. The van der Waals surface area contributed by atoms with Crippen molar-refractivity contribution >= 4 is 10.9 Å². The van der Waals surface area contributed by atoms with Crippen LogP contribution in [0.25, 0.3) is 22.0 Å². The summed E-state index contributed by atoms with van der Waals surface area (Å²) < 4.78 is 11.2. The molecule has 3 heteroatoms. The van der Waals surface area contributed by atoms with Crippen LogP contribution in [0.3, 0.4) is 0 Å². The normalized spacial score (nSPS) is 13.0. The zero-order chi connectivity index (χ0) is 14.2. The van der Waals surface area contributed by atoms with Gasteiger partial charge in [0.15, 0.2) is 0 Å². The van der Waals surface area contributed by atoms with Crippen LogP contribution >= 0.6 is 0 Å². The lowest BCUT2D eigenvalue weighted by atomic mass is 9.94. The lowest BCUT2D eigenvalue weighted by molar-refractivity contribution is 0.346. The summed E-state index contributed by atoms with van der Waals surface area (Å²) in [5, 5.41) is 1.14. The summed E-state index contributed by atoms with van der Waals surface area (Å²) in [6.45, 7) is 0.695. The van der Waals surface area contributed by atoms with Crippen LogP contribution in [0.5, 0.6) is 11.6 Å². The minimum atomic E-state index is 0.695. The second-order valence-corrected chi connectivity index (χ2v) is 5.09. The lowest BCUT2D eigenvalue weighted by Gasteiger charge is -2.14. The minimum Gasteiger partial charge on any atom is -0.496 e. The largest absolute Gasteiger partial charge is 0.496 e. The Bertz CT molecular complexity index is 827. The van der Waals surface area contributed by atoms with Gasteiger partial charge < -0.3 is 9.47 Å². The van der Waals surface area contributed by atoms with Crippen LogP contribution < -0.4 is 9.47 Å². The van der Waals surface area contributed by atoms with Gasteiger partial charge in [0.2, 0.25) is 5.88 Å². The summed E-state index contributed by atoms with van der Waals surface area (Å²) in [5.41, 5.74) is 4.42. The van der Waals surface area contributed by atoms with E-state index >= 15 is 0 Å². The molecule has 1 aliphatic heterocycles. The highest BCUT2D eigenvalue weighted by Crippen LogP contribution is 2.42. The van der Waals surface area contributed by atoms with Crippen molar-refractivity contribution in [3.05, 3.63) is 54.1 Å². The SMILES string of the molecule is COc1ccccc1-c1c2c(nc3ccccc13)OCC2. The molecule has 0 bridgehead atoms. The predicted octanol–water partition coefficient (Wildman–Crippen LogP) is 3.85. The van der Waals surface area contributed by atoms with Crippen molar-refractivity contribution in [2.45, 2.75) is 6.42 Å². The molecule has 2 heterocycles. The fourth-order valence-corrected chi connectivity index (χ4v) is 2.99. The Labute approximate surface area is 123 Å². The van der Waals surface area contributed by atoms with Crippen molar-refractivity contribution in [1.29, 1.82) is 0 Å². The Balaban J connectivity index is 2.12. The monoisotopic (exact) mass is 277 g/mol. The number of para-hydroxylation sites is 2. The molecule has 0 amide bonds. The van der Waals surface area contributed by atoms with Crippen LogP contribution in [0.1, 0.15) is 5.56 Å². The van der Waals surface area contributed by atoms with E-state index in [9.17, 15) is 0 Å². The van der Waals surface area contributed by atoms with E-state index in [-0.39, 0.29) is 0 Å². The maximum absolute atomic E-state index is 5.69. The predicted molar refractivity (Wildman–Crippen MR) is 82.9 cm³/mol. The fourth-order valence-electron chi connectivity index (χ4n) is 2.99. The Morgan fingerprint density at radius 2 is 1.86 bits per heavy atom. The molecule has 21 heavy (non-hydrogen) atoms. The molecule has 0 atom stereocenters. The van der Waals surface area contributed by atoms with Crippen molar-refractivity contribution in [1.82, 2.24) is 4.98 Å². The number of rotatable bonds is 2. The van der Waals surface area contributed by atoms with Crippen molar-refractivity contribution < 1.29 is 9.47 Å². The zero-order valence-electron chi connectivity index (χ0n) is 11.8. The zero-order valence-corrected chi connectivity index (χ0v) is 11.8. The quantitative estimate of drug-likeness (QED) is 0.713. The van der Waals surface area contributed by atoms with Crippen molar-refractivity contribution in [2.24, 2.45) is 0 Å². The van der Waals surface area contributed by atoms with E-state index in [1.165, 1.54) is 11.1 Å². The molecule has 0 spiro atoms. The fraction of sp³-hybridized carbons (Fsp3) is 0.167. The van der Waals surface area contributed by atoms with Crippen molar-refractivity contribution in [2.75, 3.05) is 13.7 Å². The van der Waals surface area contributed by atoms with Crippen LogP contribution in [-0.2, 0) is 6.42 Å². The highest BCUT2D eigenvalue weighted by Gasteiger charge is 2.23. The molecule has 3 nitrogen and oxygen atoms in total. The van der Waals surface area contributed by atoms with Gasteiger partial charge in [-0.3, -0.25) is 0 Å². The maximum atomic E-state index is 5.69. The standard InChI is InChI=1S/C18H15NO2/c1-20-16-9-5-3-7-13(16)17-12-6-2-4-8-15(12)19-18-14(17)10-11-21-18/h2-9H,10-11H2,1H3. The molecular weight excluding hydrogens is 262 g/mol. The van der Waals surface area contributed by atoms with E-state index < -0.39 is 0 Å². The highest BCUT2D eigenvalue weighted by molar-refractivity contribution is 5.98. The molecule has 3 aromatic rings. The van der Waals surface area contributed by atoms with Crippen LogP contribution in [0.2, 0.25) is 0 Å². The molecule has 4 rings (SSSR count). The number of benzene rings is 2. The van der Waals surface area contributed by atoms with Gasteiger partial charge in [0, 0.05) is 28.5 Å². The molecular formula is C18H15NO2. The van der Waals surface area contributed by atoms with Crippen LogP contribution in [-0.4, -0.2) is 18.7 Å². The summed E-state index contributed by atoms with van der Waals surface area (Å²) in [6.07, 6.45) is 0.889. The molecule has 1 aliphatic rings. The molecule has 0 unspecified atom stereocenters. The molecule has 1 aromatic heterocycles. The minimum absolute atomic E-state index is 0.695. The molecule has 0 saturated heterocycles. The van der Waals surface area contributed by atoms with Gasteiger partial charge in [0.1, 0.15) is 5.75 Å². The Kier molecular flexibility index (Phi) is 2.78. The van der Waals surface area contributed by atoms with Crippen molar-refractivity contribution in [3.63, 3.8) is 0 Å². The number of ether oxygens (including phenoxy) is 2. The van der Waals surface area contributed by atoms with Gasteiger partial charge in [-0.15, -0.1) is 0 Å². The van der Waals surface area contributed by atoms with E-state index in [0.717, 1.165) is 34.5 Å². The third kappa shape index (κ3) is 1.85. The second-order valence-electron chi connectivity index (χ2n) is 5.09. The highest BCUT2D eigenvalue weighted by atomic mass is 16.5. The maximum Gasteiger partial charge on any atom is 0.217 e. The lowest BCUT2D eigenvalue weighted by Crippen LogP contribution is -1.94. The van der Waals surface area contributed by atoms with E-state index in [4.69, 9.17) is 9.47 Å². The summed E-state index contributed by atoms with van der Waals surface area (Å²) in [4.78, 5) is 4.63. The number of fused-ring (bicyclic) bond motifs is 2. The summed E-state index contributed by atoms with van der Waals surface area (Å²) in [6, 6.07) is 16.3. The number of hydrogen-bond donors (Lipinski definition) is 0. The van der Waals surface area contributed by atoms with E-state index in [1.807, 2.05) is 36.4 Å². The molecule has 104 valence electrons. The first kappa shape index (κ1) is 12.2. The molecule has 0 N–H and O–H groups in total. The average Bonchev–Trinajstić information content (AvgIpc) is 3.00. The van der Waals surface area contributed by atoms with Crippen LogP contribution in [0.4, 0.5) is 0 Å². The first-order valence-corrected chi connectivity index (χ1v) is 7.06. The van der Waals surface area contributed by atoms with E-state index in [1.54, 1.807) is 7.11 Å². The van der Waals surface area contributed by atoms with Gasteiger partial charge in [0.25, 0.3) is 0 Å². The Morgan fingerprint density at radius 3 is 2.76 bits per heavy atom. The van der Waals surface area contributed by atoms with Crippen LogP contribution in [0, 0.1) is 0 Å². The number of nitrogens with zero attached hydrogens (tertiary/aromatic N) is 1. The van der Waals surface area contributed by atoms with Gasteiger partial charge in [-0.1, -0.05) is 36.4 Å². The number of methoxy groups -OCH3 is 1. The average molecular weight is 277 g/mol. The van der Waals surface area contributed by atoms with E-state index in [2.05, 4.69) is 17.1 Å². The van der Waals surface area contributed by atoms with Gasteiger partial charge in [-0.25, -0.2) is 4.98 Å². The molecule has 2 aromatic carbocycles. The van der Waals surface area contributed by atoms with Crippen molar-refractivity contribution in [3.8, 4) is 22.8 Å². The van der Waals surface area contributed by atoms with Crippen LogP contribution in [0.15, 0.2) is 48.5 Å². The topological polar surface area (TPSA) is 31.4 Å².